The lowest BCUT2D eigenvalue weighted by molar-refractivity contribution is -0.384. The Bertz CT molecular complexity index is 1240. The highest BCUT2D eigenvalue weighted by atomic mass is 35.5. The van der Waals surface area contributed by atoms with E-state index in [-0.39, 0.29) is 33.7 Å². The standard InChI is InChI=1S/C23H14Cl2N2O5/c24-20-10-15(8-18(12-26)16-4-6-17(7-5-16)23(28)29)11-21(25)22(20)32-13-14-2-1-3-19(9-14)27(30)31/h1-11H,13H2,(H,28,29)/b18-8-. The summed E-state index contributed by atoms with van der Waals surface area (Å²) in [7, 11) is 0. The number of halogens is 2. The fourth-order valence-electron chi connectivity index (χ4n) is 2.86. The third kappa shape index (κ3) is 5.43. The first-order chi connectivity index (χ1) is 15.3. The molecule has 0 saturated carbocycles. The molecule has 32 heavy (non-hydrogen) atoms. The number of allylic oxidation sites excluding steroid dienone is 1. The van der Waals surface area contributed by atoms with Gasteiger partial charge in [0.25, 0.3) is 5.69 Å². The van der Waals surface area contributed by atoms with Gasteiger partial charge in [0.05, 0.1) is 32.2 Å². The summed E-state index contributed by atoms with van der Waals surface area (Å²) < 4.78 is 5.67. The van der Waals surface area contributed by atoms with Gasteiger partial charge in [0, 0.05) is 12.1 Å². The van der Waals surface area contributed by atoms with Gasteiger partial charge in [-0.1, -0.05) is 47.5 Å². The minimum absolute atomic E-state index is 0.0235. The Morgan fingerprint density at radius 2 is 1.72 bits per heavy atom. The van der Waals surface area contributed by atoms with Crippen LogP contribution in [0.4, 0.5) is 5.69 Å². The number of nitrogens with zero attached hydrogens (tertiary/aromatic N) is 2. The first-order valence-electron chi connectivity index (χ1n) is 9.09. The monoisotopic (exact) mass is 468 g/mol. The van der Waals surface area contributed by atoms with E-state index in [1.807, 2.05) is 0 Å². The second-order valence-electron chi connectivity index (χ2n) is 6.58. The average molecular weight is 469 g/mol. The van der Waals surface area contributed by atoms with E-state index in [2.05, 4.69) is 6.07 Å². The van der Waals surface area contributed by atoms with E-state index in [4.69, 9.17) is 33.0 Å². The normalized spacial score (nSPS) is 11.0. The number of rotatable bonds is 7. The topological polar surface area (TPSA) is 113 Å². The number of carboxylic acids is 1. The average Bonchev–Trinajstić information content (AvgIpc) is 2.77. The smallest absolute Gasteiger partial charge is 0.335 e. The molecule has 0 spiro atoms. The van der Waals surface area contributed by atoms with Crippen LogP contribution in [0.2, 0.25) is 10.0 Å². The minimum atomic E-state index is -1.06. The van der Waals surface area contributed by atoms with E-state index in [1.54, 1.807) is 30.3 Å². The van der Waals surface area contributed by atoms with Crippen molar-refractivity contribution in [2.24, 2.45) is 0 Å². The fraction of sp³-hybridized carbons (Fsp3) is 0.0435. The van der Waals surface area contributed by atoms with Crippen molar-refractivity contribution < 1.29 is 19.6 Å². The maximum atomic E-state index is 11.0. The molecule has 0 aliphatic rings. The van der Waals surface area contributed by atoms with Gasteiger partial charge >= 0.3 is 5.97 Å². The van der Waals surface area contributed by atoms with Gasteiger partial charge in [-0.3, -0.25) is 10.1 Å². The van der Waals surface area contributed by atoms with Crippen molar-refractivity contribution in [1.29, 1.82) is 5.26 Å². The minimum Gasteiger partial charge on any atom is -0.486 e. The van der Waals surface area contributed by atoms with Crippen LogP contribution in [-0.2, 0) is 6.61 Å². The third-order valence-electron chi connectivity index (χ3n) is 4.40. The van der Waals surface area contributed by atoms with Crippen LogP contribution in [0.3, 0.4) is 0 Å². The Hall–Kier alpha value is -3.86. The van der Waals surface area contributed by atoms with Crippen molar-refractivity contribution in [3.05, 3.63) is 103 Å². The Morgan fingerprint density at radius 1 is 1.09 bits per heavy atom. The number of non-ortho nitro benzene ring substituents is 1. The predicted molar refractivity (Wildman–Crippen MR) is 121 cm³/mol. The van der Waals surface area contributed by atoms with E-state index in [1.165, 1.54) is 36.4 Å². The molecule has 160 valence electrons. The third-order valence-corrected chi connectivity index (χ3v) is 4.96. The molecule has 0 atom stereocenters. The summed E-state index contributed by atoms with van der Waals surface area (Å²) >= 11 is 12.6. The summed E-state index contributed by atoms with van der Waals surface area (Å²) in [5.41, 5.74) is 2.01. The van der Waals surface area contributed by atoms with Crippen LogP contribution in [0.5, 0.6) is 5.75 Å². The number of carboxylic acid groups (broad SMARTS) is 1. The van der Waals surface area contributed by atoms with Crippen LogP contribution in [0, 0.1) is 21.4 Å². The molecule has 0 heterocycles. The predicted octanol–water partition coefficient (Wildman–Crippen LogP) is 6.24. The van der Waals surface area contributed by atoms with Crippen LogP contribution in [0.1, 0.15) is 27.0 Å². The number of nitro benzene ring substituents is 1. The van der Waals surface area contributed by atoms with E-state index in [9.17, 15) is 20.2 Å². The Kier molecular flexibility index (Phi) is 7.11. The van der Waals surface area contributed by atoms with Gasteiger partial charge in [0.15, 0.2) is 5.75 Å². The van der Waals surface area contributed by atoms with Gasteiger partial charge in [-0.2, -0.15) is 5.26 Å². The highest BCUT2D eigenvalue weighted by Gasteiger charge is 2.12. The number of aromatic carboxylic acids is 1. The summed E-state index contributed by atoms with van der Waals surface area (Å²) in [6.45, 7) is 0.0235. The second-order valence-corrected chi connectivity index (χ2v) is 7.40. The number of ether oxygens (including phenoxy) is 1. The molecule has 0 bridgehead atoms. The molecule has 3 aromatic carbocycles. The van der Waals surface area contributed by atoms with Crippen molar-refractivity contribution in [1.82, 2.24) is 0 Å². The van der Waals surface area contributed by atoms with Gasteiger partial charge in [0.2, 0.25) is 0 Å². The molecule has 1 N–H and O–H groups in total. The summed E-state index contributed by atoms with van der Waals surface area (Å²) in [4.78, 5) is 21.4. The summed E-state index contributed by atoms with van der Waals surface area (Å²) in [6, 6.07) is 17.1. The molecule has 9 heteroatoms. The Balaban J connectivity index is 1.83. The first-order valence-corrected chi connectivity index (χ1v) is 9.85. The molecule has 0 radical (unpaired) electrons. The van der Waals surface area contributed by atoms with Crippen molar-refractivity contribution in [3.8, 4) is 11.8 Å². The lowest BCUT2D eigenvalue weighted by atomic mass is 10.0. The zero-order valence-electron chi connectivity index (χ0n) is 16.3. The molecule has 7 nitrogen and oxygen atoms in total. The molecule has 0 unspecified atom stereocenters. The van der Waals surface area contributed by atoms with Crippen LogP contribution >= 0.6 is 23.2 Å². The largest absolute Gasteiger partial charge is 0.486 e. The van der Waals surface area contributed by atoms with Crippen molar-refractivity contribution in [2.45, 2.75) is 6.61 Å². The van der Waals surface area contributed by atoms with Gasteiger partial charge in [-0.25, -0.2) is 4.79 Å². The van der Waals surface area contributed by atoms with E-state index in [0.717, 1.165) is 0 Å². The first kappa shape index (κ1) is 22.8. The zero-order valence-corrected chi connectivity index (χ0v) is 17.8. The number of carbonyl (C=O) groups is 1. The van der Waals surface area contributed by atoms with E-state index in [0.29, 0.717) is 22.3 Å². The summed E-state index contributed by atoms with van der Waals surface area (Å²) in [6.07, 6.45) is 1.57. The Morgan fingerprint density at radius 3 is 2.28 bits per heavy atom. The maximum absolute atomic E-state index is 11.0. The molecule has 0 saturated heterocycles. The molecule has 0 amide bonds. The quantitative estimate of drug-likeness (QED) is 0.190. The fourth-order valence-corrected chi connectivity index (χ4v) is 3.47. The molecule has 0 aromatic heterocycles. The second kappa shape index (κ2) is 9.96. The van der Waals surface area contributed by atoms with Crippen LogP contribution in [-0.4, -0.2) is 16.0 Å². The number of benzene rings is 3. The van der Waals surface area contributed by atoms with Gasteiger partial charge in [-0.15, -0.1) is 0 Å². The highest BCUT2D eigenvalue weighted by Crippen LogP contribution is 2.36. The molecule has 3 aromatic rings. The van der Waals surface area contributed by atoms with E-state index >= 15 is 0 Å². The lowest BCUT2D eigenvalue weighted by Gasteiger charge is -2.11. The van der Waals surface area contributed by atoms with Crippen LogP contribution in [0.25, 0.3) is 11.6 Å². The van der Waals surface area contributed by atoms with Gasteiger partial charge in [-0.05, 0) is 47.0 Å². The SMILES string of the molecule is N#C/C(=C/c1cc(Cl)c(OCc2cccc([N+](=O)[O-])c2)c(Cl)c1)c1ccc(C(=O)O)cc1. The summed E-state index contributed by atoms with van der Waals surface area (Å²) in [5.74, 6) is -0.848. The molecular weight excluding hydrogens is 455 g/mol. The number of hydrogen-bond donors (Lipinski definition) is 1. The number of hydrogen-bond acceptors (Lipinski definition) is 5. The highest BCUT2D eigenvalue weighted by molar-refractivity contribution is 6.37. The number of nitro groups is 1. The van der Waals surface area contributed by atoms with Gasteiger partial charge < -0.3 is 9.84 Å². The molecule has 0 aliphatic carbocycles. The molecule has 3 rings (SSSR count). The van der Waals surface area contributed by atoms with Crippen molar-refractivity contribution in [2.75, 3.05) is 0 Å². The maximum Gasteiger partial charge on any atom is 0.335 e. The molecular formula is C23H14Cl2N2O5. The lowest BCUT2D eigenvalue weighted by Crippen LogP contribution is -1.98. The van der Waals surface area contributed by atoms with Crippen LogP contribution < -0.4 is 4.74 Å². The van der Waals surface area contributed by atoms with Gasteiger partial charge in [0.1, 0.15) is 6.61 Å². The van der Waals surface area contributed by atoms with Crippen molar-refractivity contribution in [3.63, 3.8) is 0 Å². The van der Waals surface area contributed by atoms with Crippen molar-refractivity contribution >= 4 is 46.5 Å². The summed E-state index contributed by atoms with van der Waals surface area (Å²) in [5, 5.41) is 29.8. The van der Waals surface area contributed by atoms with E-state index < -0.39 is 10.9 Å². The zero-order chi connectivity index (χ0) is 23.3. The molecule has 0 fully saturated rings. The number of nitriles is 1. The van der Waals surface area contributed by atoms with Crippen LogP contribution in [0.15, 0.2) is 60.7 Å². The Labute approximate surface area is 192 Å². The molecule has 0 aliphatic heterocycles.